The van der Waals surface area contributed by atoms with Gasteiger partial charge in [-0.15, -0.1) is 0 Å². The standard InChI is InChI=1S/C16H13FN2O/c1-9-2-4-11-13(8-19-15(11)6-9)16(20)12-7-10(18)3-5-14(12)17/h2-8,19H,18H2,1H3. The fraction of sp³-hybridized carbons (Fsp3) is 0.0625. The fourth-order valence-electron chi connectivity index (χ4n) is 2.29. The molecule has 0 fully saturated rings. The van der Waals surface area contributed by atoms with Gasteiger partial charge in [0, 0.05) is 28.4 Å². The first-order valence-electron chi connectivity index (χ1n) is 6.24. The highest BCUT2D eigenvalue weighted by atomic mass is 19.1. The summed E-state index contributed by atoms with van der Waals surface area (Å²) in [6.07, 6.45) is 1.61. The minimum atomic E-state index is -0.564. The highest BCUT2D eigenvalue weighted by molar-refractivity contribution is 6.16. The molecule has 0 atom stereocenters. The molecule has 100 valence electrons. The molecule has 0 aliphatic heterocycles. The Labute approximate surface area is 115 Å². The molecule has 3 N–H and O–H groups in total. The Bertz CT molecular complexity index is 820. The van der Waals surface area contributed by atoms with Crippen molar-refractivity contribution in [2.24, 2.45) is 0 Å². The van der Waals surface area contributed by atoms with Gasteiger partial charge >= 0.3 is 0 Å². The van der Waals surface area contributed by atoms with E-state index in [1.807, 2.05) is 25.1 Å². The smallest absolute Gasteiger partial charge is 0.198 e. The van der Waals surface area contributed by atoms with E-state index in [1.54, 1.807) is 6.20 Å². The number of halogens is 1. The minimum absolute atomic E-state index is 0.00789. The third kappa shape index (κ3) is 1.95. The van der Waals surface area contributed by atoms with Crippen molar-refractivity contribution < 1.29 is 9.18 Å². The average molecular weight is 268 g/mol. The molecule has 0 saturated heterocycles. The molecule has 0 unspecified atom stereocenters. The van der Waals surface area contributed by atoms with Crippen LogP contribution in [0.4, 0.5) is 10.1 Å². The van der Waals surface area contributed by atoms with Crippen molar-refractivity contribution in [3.8, 4) is 0 Å². The van der Waals surface area contributed by atoms with Crippen LogP contribution < -0.4 is 5.73 Å². The molecule has 0 amide bonds. The van der Waals surface area contributed by atoms with Crippen LogP contribution in [0.2, 0.25) is 0 Å². The molecule has 4 heteroatoms. The molecule has 0 radical (unpaired) electrons. The predicted molar refractivity (Wildman–Crippen MR) is 77.3 cm³/mol. The second kappa shape index (κ2) is 4.49. The van der Waals surface area contributed by atoms with Crippen LogP contribution in [0.5, 0.6) is 0 Å². The van der Waals surface area contributed by atoms with Crippen LogP contribution in [0, 0.1) is 12.7 Å². The number of benzene rings is 2. The normalized spacial score (nSPS) is 10.9. The van der Waals surface area contributed by atoms with E-state index in [2.05, 4.69) is 4.98 Å². The molecule has 3 nitrogen and oxygen atoms in total. The van der Waals surface area contributed by atoms with Crippen molar-refractivity contribution in [2.75, 3.05) is 5.73 Å². The van der Waals surface area contributed by atoms with E-state index in [4.69, 9.17) is 5.73 Å². The lowest BCUT2D eigenvalue weighted by molar-refractivity contribution is 0.103. The summed E-state index contributed by atoms with van der Waals surface area (Å²) in [7, 11) is 0. The Morgan fingerprint density at radius 2 is 1.95 bits per heavy atom. The van der Waals surface area contributed by atoms with Crippen molar-refractivity contribution in [1.82, 2.24) is 4.98 Å². The van der Waals surface area contributed by atoms with Gasteiger partial charge in [-0.05, 0) is 36.8 Å². The summed E-state index contributed by atoms with van der Waals surface area (Å²) in [5, 5.41) is 0.780. The molecule has 1 heterocycles. The van der Waals surface area contributed by atoms with Crippen molar-refractivity contribution in [3.05, 3.63) is 65.1 Å². The largest absolute Gasteiger partial charge is 0.399 e. The Hall–Kier alpha value is -2.62. The van der Waals surface area contributed by atoms with E-state index in [-0.39, 0.29) is 11.3 Å². The second-order valence-electron chi connectivity index (χ2n) is 4.82. The molecule has 0 aliphatic carbocycles. The number of aromatic amines is 1. The molecule has 0 aliphatic rings. The Kier molecular flexibility index (Phi) is 2.79. The second-order valence-corrected chi connectivity index (χ2v) is 4.82. The maximum absolute atomic E-state index is 13.8. The first kappa shape index (κ1) is 12.4. The number of anilines is 1. The molecular weight excluding hydrogens is 255 g/mol. The van der Waals surface area contributed by atoms with Crippen LogP contribution in [0.25, 0.3) is 10.9 Å². The zero-order chi connectivity index (χ0) is 14.3. The van der Waals surface area contributed by atoms with Gasteiger partial charge in [0.15, 0.2) is 5.78 Å². The number of nitrogen functional groups attached to an aromatic ring is 1. The van der Waals surface area contributed by atoms with E-state index in [0.29, 0.717) is 11.3 Å². The van der Waals surface area contributed by atoms with Gasteiger partial charge in [-0.25, -0.2) is 4.39 Å². The van der Waals surface area contributed by atoms with E-state index in [1.165, 1.54) is 18.2 Å². The summed E-state index contributed by atoms with van der Waals surface area (Å²) in [4.78, 5) is 15.5. The average Bonchev–Trinajstić information content (AvgIpc) is 2.83. The molecule has 3 rings (SSSR count). The van der Waals surface area contributed by atoms with Crippen LogP contribution >= 0.6 is 0 Å². The van der Waals surface area contributed by atoms with Crippen LogP contribution in [0.15, 0.2) is 42.6 Å². The van der Waals surface area contributed by atoms with E-state index >= 15 is 0 Å². The highest BCUT2D eigenvalue weighted by Gasteiger charge is 2.17. The molecule has 0 bridgehead atoms. The Morgan fingerprint density at radius 1 is 1.15 bits per heavy atom. The lowest BCUT2D eigenvalue weighted by Gasteiger charge is -2.03. The number of rotatable bonds is 2. The molecule has 2 aromatic carbocycles. The summed E-state index contributed by atoms with van der Waals surface area (Å²) in [6, 6.07) is 9.74. The van der Waals surface area contributed by atoms with Gasteiger partial charge in [0.25, 0.3) is 0 Å². The summed E-state index contributed by atoms with van der Waals surface area (Å²) >= 11 is 0. The van der Waals surface area contributed by atoms with Crippen LogP contribution in [-0.2, 0) is 0 Å². The van der Waals surface area contributed by atoms with E-state index in [9.17, 15) is 9.18 Å². The van der Waals surface area contributed by atoms with Crippen molar-refractivity contribution in [2.45, 2.75) is 6.92 Å². The van der Waals surface area contributed by atoms with Crippen LogP contribution in [0.3, 0.4) is 0 Å². The molecular formula is C16H13FN2O. The number of ketones is 1. The summed E-state index contributed by atoms with van der Waals surface area (Å²) in [5.41, 5.74) is 8.38. The predicted octanol–water partition coefficient (Wildman–Crippen LogP) is 3.43. The molecule has 0 saturated carbocycles. The lowest BCUT2D eigenvalue weighted by Crippen LogP contribution is -2.04. The number of H-pyrrole nitrogens is 1. The van der Waals surface area contributed by atoms with Crippen LogP contribution in [-0.4, -0.2) is 10.8 Å². The van der Waals surface area contributed by atoms with Crippen molar-refractivity contribution >= 4 is 22.4 Å². The minimum Gasteiger partial charge on any atom is -0.399 e. The third-order valence-corrected chi connectivity index (χ3v) is 3.32. The van der Waals surface area contributed by atoms with Crippen LogP contribution in [0.1, 0.15) is 21.5 Å². The van der Waals surface area contributed by atoms with Gasteiger partial charge in [-0.3, -0.25) is 4.79 Å². The SMILES string of the molecule is Cc1ccc2c(C(=O)c3cc(N)ccc3F)c[nH]c2c1. The van der Waals surface area contributed by atoms with Gasteiger partial charge < -0.3 is 10.7 Å². The number of fused-ring (bicyclic) bond motifs is 1. The zero-order valence-electron chi connectivity index (χ0n) is 10.9. The highest BCUT2D eigenvalue weighted by Crippen LogP contribution is 2.24. The van der Waals surface area contributed by atoms with Gasteiger partial charge in [0.1, 0.15) is 5.82 Å². The first-order chi connectivity index (χ1) is 9.56. The number of carbonyl (C=O) groups is 1. The first-order valence-corrected chi connectivity index (χ1v) is 6.24. The molecule has 0 spiro atoms. The van der Waals surface area contributed by atoms with Gasteiger partial charge in [0.05, 0.1) is 5.56 Å². The fourth-order valence-corrected chi connectivity index (χ4v) is 2.29. The van der Waals surface area contributed by atoms with E-state index < -0.39 is 5.82 Å². The Morgan fingerprint density at radius 3 is 2.75 bits per heavy atom. The maximum atomic E-state index is 13.8. The number of carbonyl (C=O) groups excluding carboxylic acids is 1. The maximum Gasteiger partial charge on any atom is 0.198 e. The van der Waals surface area contributed by atoms with E-state index in [0.717, 1.165) is 16.5 Å². The van der Waals surface area contributed by atoms with Gasteiger partial charge in [0.2, 0.25) is 0 Å². The number of nitrogens with two attached hydrogens (primary N) is 1. The summed E-state index contributed by atoms with van der Waals surface area (Å²) < 4.78 is 13.8. The lowest BCUT2D eigenvalue weighted by atomic mass is 10.0. The summed E-state index contributed by atoms with van der Waals surface area (Å²) in [5.74, 6) is -0.935. The van der Waals surface area contributed by atoms with Gasteiger partial charge in [-0.1, -0.05) is 12.1 Å². The number of hydrogen-bond acceptors (Lipinski definition) is 2. The number of hydrogen-bond donors (Lipinski definition) is 2. The monoisotopic (exact) mass is 268 g/mol. The van der Waals surface area contributed by atoms with Crippen molar-refractivity contribution in [1.29, 1.82) is 0 Å². The summed E-state index contributed by atoms with van der Waals surface area (Å²) in [6.45, 7) is 1.97. The van der Waals surface area contributed by atoms with Gasteiger partial charge in [-0.2, -0.15) is 0 Å². The third-order valence-electron chi connectivity index (χ3n) is 3.32. The molecule has 20 heavy (non-hydrogen) atoms. The Balaban J connectivity index is 2.15. The molecule has 3 aromatic rings. The van der Waals surface area contributed by atoms with Crippen molar-refractivity contribution in [3.63, 3.8) is 0 Å². The number of nitrogens with one attached hydrogen (secondary N) is 1. The number of aromatic nitrogens is 1. The molecule has 1 aromatic heterocycles. The zero-order valence-corrected chi connectivity index (χ0v) is 10.9. The topological polar surface area (TPSA) is 58.9 Å². The number of aryl methyl sites for hydroxylation is 1. The quantitative estimate of drug-likeness (QED) is 0.552.